The summed E-state index contributed by atoms with van der Waals surface area (Å²) in [5.74, 6) is 0. The molecule has 3 N–H and O–H groups in total. The summed E-state index contributed by atoms with van der Waals surface area (Å²) in [5, 5.41) is 0. The summed E-state index contributed by atoms with van der Waals surface area (Å²) in [6.45, 7) is 0. The molecule has 0 saturated heterocycles. The molecule has 0 aliphatic rings. The molecule has 0 aromatic carbocycles. The zero-order valence-corrected chi connectivity index (χ0v) is 16.5. The quantitative estimate of drug-likeness (QED) is 0.330. The molecule has 0 aliphatic heterocycles. The molecule has 0 spiro atoms. The second-order valence-corrected chi connectivity index (χ2v) is 5.69. The SMILES string of the molecule is O=P([O-])(O)OP(=O)(O)OP(=O)([O-])O.[K+].[K+]. The Morgan fingerprint density at radius 3 is 1.13 bits per heavy atom. The molecule has 10 nitrogen and oxygen atoms in total. The first-order valence-electron chi connectivity index (χ1n) is 2.24. The third-order valence-corrected chi connectivity index (χ3v) is 3.71. The first-order valence-corrected chi connectivity index (χ1v) is 6.73. The van der Waals surface area contributed by atoms with Crippen molar-refractivity contribution in [3.05, 3.63) is 0 Å². The van der Waals surface area contributed by atoms with Crippen LogP contribution in [0.1, 0.15) is 0 Å². The van der Waals surface area contributed by atoms with Crippen LogP contribution in [0, 0.1) is 0 Å². The molecule has 0 saturated carbocycles. The van der Waals surface area contributed by atoms with E-state index in [2.05, 4.69) is 8.62 Å². The molecule has 15 heavy (non-hydrogen) atoms. The van der Waals surface area contributed by atoms with Crippen LogP contribution in [0.3, 0.4) is 0 Å². The third kappa shape index (κ3) is 17.7. The van der Waals surface area contributed by atoms with Gasteiger partial charge in [0, 0.05) is 0 Å². The largest absolute Gasteiger partial charge is 1.00 e. The first-order chi connectivity index (χ1) is 5.41. The fourth-order valence-electron chi connectivity index (χ4n) is 0.276. The maximum Gasteiger partial charge on any atom is 1.00 e. The second kappa shape index (κ2) is 8.77. The Kier molecular flexibility index (Phi) is 13.9. The fourth-order valence-corrected chi connectivity index (χ4v) is 2.75. The van der Waals surface area contributed by atoms with E-state index >= 15 is 0 Å². The van der Waals surface area contributed by atoms with E-state index in [1.54, 1.807) is 0 Å². The second-order valence-electron chi connectivity index (χ2n) is 1.57. The maximum atomic E-state index is 10.3. The minimum atomic E-state index is -5.63. The van der Waals surface area contributed by atoms with Gasteiger partial charge < -0.3 is 24.5 Å². The van der Waals surface area contributed by atoms with Gasteiger partial charge in [-0.05, 0) is 0 Å². The van der Waals surface area contributed by atoms with E-state index in [0.717, 1.165) is 0 Å². The normalized spacial score (nSPS) is 22.2. The molecule has 0 rings (SSSR count). The monoisotopic (exact) mass is 334 g/mol. The number of hydrogen-bond donors (Lipinski definition) is 3. The molecule has 0 fully saturated rings. The predicted molar refractivity (Wildman–Crippen MR) is 31.6 cm³/mol. The van der Waals surface area contributed by atoms with E-state index in [-0.39, 0.29) is 103 Å². The van der Waals surface area contributed by atoms with Gasteiger partial charge in [0.2, 0.25) is 0 Å². The van der Waals surface area contributed by atoms with E-state index in [1.165, 1.54) is 0 Å². The molecule has 0 amide bonds. The zero-order valence-electron chi connectivity index (χ0n) is 7.54. The minimum Gasteiger partial charge on any atom is -0.756 e. The van der Waals surface area contributed by atoms with Crippen LogP contribution in [0.5, 0.6) is 0 Å². The van der Waals surface area contributed by atoms with Crippen molar-refractivity contribution in [3.8, 4) is 0 Å². The Morgan fingerprint density at radius 1 is 0.800 bits per heavy atom. The Hall–Kier alpha value is 3.68. The van der Waals surface area contributed by atoms with Crippen molar-refractivity contribution in [1.29, 1.82) is 0 Å². The van der Waals surface area contributed by atoms with Gasteiger partial charge in [0.05, 0.1) is 0 Å². The van der Waals surface area contributed by atoms with Crippen LogP contribution in [-0.2, 0) is 22.3 Å². The van der Waals surface area contributed by atoms with Crippen molar-refractivity contribution < 1.29 is 150 Å². The van der Waals surface area contributed by atoms with Crippen LogP contribution in [0.2, 0.25) is 0 Å². The van der Waals surface area contributed by atoms with Crippen LogP contribution in [0.25, 0.3) is 0 Å². The van der Waals surface area contributed by atoms with Crippen molar-refractivity contribution in [2.45, 2.75) is 0 Å². The summed E-state index contributed by atoms with van der Waals surface area (Å²) in [6.07, 6.45) is 0. The summed E-state index contributed by atoms with van der Waals surface area (Å²) >= 11 is 0. The summed E-state index contributed by atoms with van der Waals surface area (Å²) in [6, 6.07) is 0. The van der Waals surface area contributed by atoms with Crippen LogP contribution in [0.4, 0.5) is 0 Å². The molecule has 0 radical (unpaired) electrons. The molecule has 2 unspecified atom stereocenters. The molecule has 0 bridgehead atoms. The molecule has 2 atom stereocenters. The van der Waals surface area contributed by atoms with E-state index in [4.69, 9.17) is 14.7 Å². The van der Waals surface area contributed by atoms with Gasteiger partial charge in [0.15, 0.2) is 0 Å². The van der Waals surface area contributed by atoms with Crippen molar-refractivity contribution in [2.75, 3.05) is 0 Å². The molecule has 15 heteroatoms. The van der Waals surface area contributed by atoms with Gasteiger partial charge in [-0.15, -0.1) is 0 Å². The fraction of sp³-hybridized carbons (Fsp3) is 0. The van der Waals surface area contributed by atoms with E-state index in [0.29, 0.717) is 0 Å². The van der Waals surface area contributed by atoms with Crippen molar-refractivity contribution in [3.63, 3.8) is 0 Å². The van der Waals surface area contributed by atoms with Gasteiger partial charge in [-0.25, -0.2) is 13.2 Å². The summed E-state index contributed by atoms with van der Waals surface area (Å²) in [5.41, 5.74) is 0. The average molecular weight is 334 g/mol. The molecule has 0 heterocycles. The Balaban J connectivity index is -0.000000720. The number of phosphoric acid groups is 3. The molecule has 0 aromatic rings. The van der Waals surface area contributed by atoms with Gasteiger partial charge in [-0.1, -0.05) is 0 Å². The summed E-state index contributed by atoms with van der Waals surface area (Å²) < 4.78 is 35.7. The van der Waals surface area contributed by atoms with Crippen LogP contribution >= 0.6 is 23.5 Å². The van der Waals surface area contributed by atoms with Gasteiger partial charge in [0.1, 0.15) is 0 Å². The van der Waals surface area contributed by atoms with Crippen molar-refractivity contribution in [2.24, 2.45) is 0 Å². The smallest absolute Gasteiger partial charge is 0.756 e. The Morgan fingerprint density at radius 2 is 1.00 bits per heavy atom. The van der Waals surface area contributed by atoms with Gasteiger partial charge in [0.25, 0.3) is 15.6 Å². The summed E-state index contributed by atoms with van der Waals surface area (Å²) in [7, 11) is -16.9. The van der Waals surface area contributed by atoms with Crippen LogP contribution in [0.15, 0.2) is 0 Å². The summed E-state index contributed by atoms with van der Waals surface area (Å²) in [4.78, 5) is 43.5. The van der Waals surface area contributed by atoms with Gasteiger partial charge >= 0.3 is 111 Å². The molecule has 0 aliphatic carbocycles. The van der Waals surface area contributed by atoms with E-state index in [9.17, 15) is 23.5 Å². The molecule has 0 aromatic heterocycles. The first kappa shape index (κ1) is 23.8. The van der Waals surface area contributed by atoms with Crippen LogP contribution < -0.4 is 113 Å². The average Bonchev–Trinajstić information content (AvgIpc) is 1.43. The minimum absolute atomic E-state index is 0. The van der Waals surface area contributed by atoms with E-state index < -0.39 is 23.5 Å². The predicted octanol–water partition coefficient (Wildman–Crippen LogP) is -7.95. The van der Waals surface area contributed by atoms with Crippen molar-refractivity contribution >= 4 is 23.5 Å². The van der Waals surface area contributed by atoms with Crippen molar-refractivity contribution in [1.82, 2.24) is 0 Å². The van der Waals surface area contributed by atoms with Gasteiger partial charge in [-0.3, -0.25) is 9.13 Å². The number of rotatable bonds is 4. The topological polar surface area (TPSA) is 176 Å². The van der Waals surface area contributed by atoms with Gasteiger partial charge in [-0.2, -0.15) is 0 Å². The van der Waals surface area contributed by atoms with Crippen LogP contribution in [-0.4, -0.2) is 14.7 Å². The molecular formula is H3K2O10P3. The Bertz CT molecular complexity index is 281. The third-order valence-electron chi connectivity index (χ3n) is 0.413. The molecular weight excluding hydrogens is 331 g/mol. The maximum absolute atomic E-state index is 10.3. The number of hydrogen-bond acceptors (Lipinski definition) is 7. The zero-order chi connectivity index (χ0) is 10.9. The molecule has 80 valence electrons. The van der Waals surface area contributed by atoms with E-state index in [1.807, 2.05) is 0 Å². The Labute approximate surface area is 169 Å². The standard InChI is InChI=1S/2K.H5O10P3/c;;1-11(2,3)9-13(7,8)10-12(4,5)6/h;;(H,7,8)(H2,1,2,3)(H2,4,5,6)/q2*+1;/p-2.